The fourth-order valence-electron chi connectivity index (χ4n) is 1.90. The van der Waals surface area contributed by atoms with Crippen LogP contribution in [-0.2, 0) is 4.79 Å². The van der Waals surface area contributed by atoms with E-state index in [-0.39, 0.29) is 11.9 Å². The van der Waals surface area contributed by atoms with Crippen LogP contribution in [0.25, 0.3) is 0 Å². The van der Waals surface area contributed by atoms with Crippen molar-refractivity contribution < 1.29 is 4.79 Å². The summed E-state index contributed by atoms with van der Waals surface area (Å²) in [5.41, 5.74) is 0. The highest BCUT2D eigenvalue weighted by Crippen LogP contribution is 2.17. The molecule has 0 aliphatic carbocycles. The molecule has 0 spiro atoms. The van der Waals surface area contributed by atoms with Crippen molar-refractivity contribution in [3.8, 4) is 0 Å². The lowest BCUT2D eigenvalue weighted by Crippen LogP contribution is -2.48. The molecule has 1 aliphatic rings. The quantitative estimate of drug-likeness (QED) is 0.773. The molecular formula is C11H22N2OS. The first kappa shape index (κ1) is 12.8. The van der Waals surface area contributed by atoms with Gasteiger partial charge in [0.1, 0.15) is 0 Å². The van der Waals surface area contributed by atoms with E-state index in [9.17, 15) is 4.79 Å². The molecule has 2 atom stereocenters. The van der Waals surface area contributed by atoms with Gasteiger partial charge in [0.2, 0.25) is 5.91 Å². The highest BCUT2D eigenvalue weighted by atomic mass is 32.2. The molecule has 1 saturated heterocycles. The molecule has 0 saturated carbocycles. The van der Waals surface area contributed by atoms with Crippen molar-refractivity contribution in [1.82, 2.24) is 10.2 Å². The number of nitrogens with one attached hydrogen (secondary N) is 1. The zero-order valence-corrected chi connectivity index (χ0v) is 10.8. The molecule has 3 nitrogen and oxygen atoms in total. The van der Waals surface area contributed by atoms with Crippen LogP contribution >= 0.6 is 11.8 Å². The van der Waals surface area contributed by atoms with Crippen molar-refractivity contribution in [3.05, 3.63) is 0 Å². The van der Waals surface area contributed by atoms with Crippen molar-refractivity contribution in [2.75, 3.05) is 24.6 Å². The summed E-state index contributed by atoms with van der Waals surface area (Å²) in [6.07, 6.45) is 1.19. The van der Waals surface area contributed by atoms with Gasteiger partial charge in [0.25, 0.3) is 0 Å². The summed E-state index contributed by atoms with van der Waals surface area (Å²) < 4.78 is 0. The van der Waals surface area contributed by atoms with Gasteiger partial charge in [-0.15, -0.1) is 0 Å². The number of hydrogen-bond donors (Lipinski definition) is 1. The van der Waals surface area contributed by atoms with Gasteiger partial charge in [0.15, 0.2) is 0 Å². The van der Waals surface area contributed by atoms with E-state index < -0.39 is 0 Å². The molecule has 88 valence electrons. The zero-order valence-electron chi connectivity index (χ0n) is 9.95. The fourth-order valence-corrected chi connectivity index (χ4v) is 3.07. The van der Waals surface area contributed by atoms with E-state index in [4.69, 9.17) is 0 Å². The zero-order chi connectivity index (χ0) is 11.3. The normalized spacial score (nSPS) is 22.7. The third-order valence-corrected chi connectivity index (χ3v) is 4.02. The predicted molar refractivity (Wildman–Crippen MR) is 66.3 cm³/mol. The number of thioether (sulfide) groups is 1. The molecular weight excluding hydrogens is 208 g/mol. The minimum atomic E-state index is -0.0337. The van der Waals surface area contributed by atoms with Crippen LogP contribution in [0.1, 0.15) is 27.2 Å². The molecule has 0 aromatic rings. The number of nitrogens with zero attached hydrogens (tertiary/aromatic N) is 1. The minimum absolute atomic E-state index is 0.0337. The van der Waals surface area contributed by atoms with Gasteiger partial charge in [-0.3, -0.25) is 4.79 Å². The molecule has 1 fully saturated rings. The highest BCUT2D eigenvalue weighted by molar-refractivity contribution is 7.99. The van der Waals surface area contributed by atoms with Gasteiger partial charge < -0.3 is 10.2 Å². The smallest absolute Gasteiger partial charge is 0.239 e. The number of carbonyl (C=O) groups is 1. The summed E-state index contributed by atoms with van der Waals surface area (Å²) in [6.45, 7) is 7.64. The molecule has 15 heavy (non-hydrogen) atoms. The maximum absolute atomic E-state index is 11.9. The highest BCUT2D eigenvalue weighted by Gasteiger charge is 2.23. The first-order chi connectivity index (χ1) is 7.19. The van der Waals surface area contributed by atoms with E-state index in [1.165, 1.54) is 12.2 Å². The lowest BCUT2D eigenvalue weighted by molar-refractivity contribution is -0.132. The Morgan fingerprint density at radius 3 is 2.67 bits per heavy atom. The first-order valence-electron chi connectivity index (χ1n) is 5.81. The second-order valence-electron chi connectivity index (χ2n) is 3.96. The van der Waals surface area contributed by atoms with E-state index in [1.54, 1.807) is 0 Å². The Labute approximate surface area is 97.0 Å². The summed E-state index contributed by atoms with van der Waals surface area (Å²) in [6, 6.07) is 0.498. The monoisotopic (exact) mass is 230 g/mol. The van der Waals surface area contributed by atoms with Crippen LogP contribution < -0.4 is 5.32 Å². The van der Waals surface area contributed by atoms with Crippen molar-refractivity contribution in [2.45, 2.75) is 39.3 Å². The average molecular weight is 230 g/mol. The Balaban J connectivity index is 2.37. The van der Waals surface area contributed by atoms with Crippen LogP contribution in [0, 0.1) is 0 Å². The summed E-state index contributed by atoms with van der Waals surface area (Å²) in [4.78, 5) is 13.8. The average Bonchev–Trinajstić information content (AvgIpc) is 2.72. The van der Waals surface area contributed by atoms with E-state index in [1.807, 2.05) is 37.4 Å². The van der Waals surface area contributed by atoms with E-state index in [2.05, 4.69) is 5.32 Å². The fraction of sp³-hybridized carbons (Fsp3) is 0.909. The molecule has 1 rings (SSSR count). The lowest BCUT2D eigenvalue weighted by atomic mass is 10.2. The van der Waals surface area contributed by atoms with Crippen molar-refractivity contribution >= 4 is 17.7 Å². The van der Waals surface area contributed by atoms with Gasteiger partial charge >= 0.3 is 0 Å². The minimum Gasteiger partial charge on any atom is -0.342 e. The number of likely N-dealkylation sites (N-methyl/N-ethyl adjacent to an activating group) is 1. The van der Waals surface area contributed by atoms with E-state index in [0.29, 0.717) is 6.04 Å². The second-order valence-corrected chi connectivity index (χ2v) is 5.11. The van der Waals surface area contributed by atoms with Gasteiger partial charge in [-0.1, -0.05) is 0 Å². The Bertz CT molecular complexity index is 201. The van der Waals surface area contributed by atoms with Gasteiger partial charge in [-0.05, 0) is 32.9 Å². The van der Waals surface area contributed by atoms with Crippen LogP contribution in [-0.4, -0.2) is 47.5 Å². The topological polar surface area (TPSA) is 32.3 Å². The molecule has 4 heteroatoms. The molecule has 1 N–H and O–H groups in total. The Morgan fingerprint density at radius 1 is 1.53 bits per heavy atom. The van der Waals surface area contributed by atoms with Gasteiger partial charge in [-0.25, -0.2) is 0 Å². The molecule has 0 radical (unpaired) electrons. The molecule has 0 aromatic carbocycles. The van der Waals surface area contributed by atoms with Gasteiger partial charge in [0, 0.05) is 24.9 Å². The second kappa shape index (κ2) is 6.38. The summed E-state index contributed by atoms with van der Waals surface area (Å²) in [7, 11) is 0. The van der Waals surface area contributed by atoms with Crippen molar-refractivity contribution in [1.29, 1.82) is 0 Å². The standard InChI is InChI=1S/C11H22N2OS/c1-4-13(5-2)11(14)9(3)12-10-6-7-15-8-10/h9-10,12H,4-8H2,1-3H3. The predicted octanol–water partition coefficient (Wildman–Crippen LogP) is 1.34. The number of carbonyl (C=O) groups excluding carboxylic acids is 1. The van der Waals surface area contributed by atoms with E-state index >= 15 is 0 Å². The number of hydrogen-bond acceptors (Lipinski definition) is 3. The van der Waals surface area contributed by atoms with Crippen molar-refractivity contribution in [2.24, 2.45) is 0 Å². The Morgan fingerprint density at radius 2 is 2.20 bits per heavy atom. The third-order valence-electron chi connectivity index (χ3n) is 2.86. The third kappa shape index (κ3) is 3.68. The van der Waals surface area contributed by atoms with Gasteiger partial charge in [-0.2, -0.15) is 11.8 Å². The van der Waals surface area contributed by atoms with Crippen LogP contribution in [0.5, 0.6) is 0 Å². The molecule has 1 amide bonds. The van der Waals surface area contributed by atoms with Crippen LogP contribution in [0.4, 0.5) is 0 Å². The summed E-state index contributed by atoms with van der Waals surface area (Å²) in [5.74, 6) is 2.61. The molecule has 0 bridgehead atoms. The molecule has 2 unspecified atom stereocenters. The summed E-state index contributed by atoms with van der Waals surface area (Å²) in [5, 5.41) is 3.42. The largest absolute Gasteiger partial charge is 0.342 e. The van der Waals surface area contributed by atoms with Crippen molar-refractivity contribution in [3.63, 3.8) is 0 Å². The van der Waals surface area contributed by atoms with Gasteiger partial charge in [0.05, 0.1) is 6.04 Å². The molecule has 0 aromatic heterocycles. The maximum atomic E-state index is 11.9. The lowest BCUT2D eigenvalue weighted by Gasteiger charge is -2.25. The van der Waals surface area contributed by atoms with Crippen LogP contribution in [0.2, 0.25) is 0 Å². The summed E-state index contributed by atoms with van der Waals surface area (Å²) >= 11 is 1.97. The van der Waals surface area contributed by atoms with Crippen LogP contribution in [0.3, 0.4) is 0 Å². The first-order valence-corrected chi connectivity index (χ1v) is 6.97. The van der Waals surface area contributed by atoms with E-state index in [0.717, 1.165) is 18.8 Å². The Hall–Kier alpha value is -0.220. The SMILES string of the molecule is CCN(CC)C(=O)C(C)NC1CCSC1. The number of amides is 1. The maximum Gasteiger partial charge on any atom is 0.239 e. The Kier molecular flexibility index (Phi) is 5.47. The number of rotatable bonds is 5. The van der Waals surface area contributed by atoms with Crippen LogP contribution in [0.15, 0.2) is 0 Å². The molecule has 1 aliphatic heterocycles. The molecule has 1 heterocycles.